The van der Waals surface area contributed by atoms with Crippen LogP contribution in [0.5, 0.6) is 0 Å². The Morgan fingerprint density at radius 1 is 1.13 bits per heavy atom. The minimum Gasteiger partial charge on any atom is -0.465 e. The molecule has 0 saturated heterocycles. The third kappa shape index (κ3) is 4.96. The highest BCUT2D eigenvalue weighted by molar-refractivity contribution is 5.77. The van der Waals surface area contributed by atoms with E-state index in [0.29, 0.717) is 16.7 Å². The van der Waals surface area contributed by atoms with Gasteiger partial charge in [-0.3, -0.25) is 4.79 Å². The summed E-state index contributed by atoms with van der Waals surface area (Å²) >= 11 is 0. The van der Waals surface area contributed by atoms with Crippen LogP contribution in [0.15, 0.2) is 59.4 Å². The van der Waals surface area contributed by atoms with Gasteiger partial charge in [0.05, 0.1) is 17.4 Å². The highest BCUT2D eigenvalue weighted by Gasteiger charge is 2.03. The predicted molar refractivity (Wildman–Crippen MR) is 88.4 cm³/mol. The zero-order valence-electron chi connectivity index (χ0n) is 12.6. The van der Waals surface area contributed by atoms with Crippen LogP contribution in [-0.2, 0) is 6.54 Å². The van der Waals surface area contributed by atoms with Crippen LogP contribution >= 0.6 is 0 Å². The molecule has 1 aromatic heterocycles. The molecule has 3 aromatic rings. The van der Waals surface area contributed by atoms with Crippen LogP contribution in [0.1, 0.15) is 11.4 Å². The monoisotopic (exact) mass is 311 g/mol. The Kier molecular flexibility index (Phi) is 5.46. The van der Waals surface area contributed by atoms with Crippen molar-refractivity contribution in [2.45, 2.75) is 13.5 Å². The van der Waals surface area contributed by atoms with Crippen molar-refractivity contribution in [1.29, 1.82) is 0 Å². The highest BCUT2D eigenvalue weighted by atomic mass is 16.4. The summed E-state index contributed by atoms with van der Waals surface area (Å²) in [5.41, 5.74) is 1.60. The predicted octanol–water partition coefficient (Wildman–Crippen LogP) is 2.69. The number of nitrogens with zero attached hydrogens (tertiary/aromatic N) is 1. The number of carbonyl (C=O) groups is 1. The van der Waals surface area contributed by atoms with E-state index in [1.807, 2.05) is 18.2 Å². The van der Waals surface area contributed by atoms with Crippen LogP contribution < -0.4 is 10.9 Å². The van der Waals surface area contributed by atoms with Gasteiger partial charge in [0.1, 0.15) is 5.82 Å². The Morgan fingerprint density at radius 2 is 1.78 bits per heavy atom. The molecule has 23 heavy (non-hydrogen) atoms. The van der Waals surface area contributed by atoms with Crippen LogP contribution in [-0.4, -0.2) is 21.2 Å². The molecule has 6 nitrogen and oxygen atoms in total. The first-order valence-electron chi connectivity index (χ1n) is 7.02. The molecule has 6 heteroatoms. The van der Waals surface area contributed by atoms with Gasteiger partial charge < -0.3 is 15.4 Å². The summed E-state index contributed by atoms with van der Waals surface area (Å²) in [6, 6.07) is 17.1. The lowest BCUT2D eigenvalue weighted by atomic mass is 10.2. The number of carboxylic acid groups (broad SMARTS) is 1. The SMILES string of the molecule is Cc1ccccc1.O=C(O)NCc1nc2ccccc2c(=O)[nH]1. The number of hydrogen-bond acceptors (Lipinski definition) is 3. The van der Waals surface area contributed by atoms with E-state index in [2.05, 4.69) is 34.3 Å². The van der Waals surface area contributed by atoms with Crippen molar-refractivity contribution in [2.24, 2.45) is 0 Å². The first-order valence-corrected chi connectivity index (χ1v) is 7.02. The van der Waals surface area contributed by atoms with E-state index in [9.17, 15) is 9.59 Å². The zero-order valence-corrected chi connectivity index (χ0v) is 12.6. The Bertz CT molecular complexity index is 844. The van der Waals surface area contributed by atoms with Gasteiger partial charge in [0, 0.05) is 0 Å². The van der Waals surface area contributed by atoms with Crippen molar-refractivity contribution in [1.82, 2.24) is 15.3 Å². The fourth-order valence-electron chi connectivity index (χ4n) is 1.91. The van der Waals surface area contributed by atoms with Gasteiger partial charge in [0.15, 0.2) is 0 Å². The van der Waals surface area contributed by atoms with Crippen LogP contribution in [0.25, 0.3) is 10.9 Å². The molecule has 0 radical (unpaired) electrons. The molecule has 0 aliphatic carbocycles. The first-order chi connectivity index (χ1) is 11.1. The van der Waals surface area contributed by atoms with Crippen LogP contribution in [0, 0.1) is 6.92 Å². The number of aromatic amines is 1. The van der Waals surface area contributed by atoms with E-state index in [-0.39, 0.29) is 12.1 Å². The van der Waals surface area contributed by atoms with Crippen molar-refractivity contribution in [3.05, 3.63) is 76.3 Å². The van der Waals surface area contributed by atoms with Crippen LogP contribution in [0.4, 0.5) is 4.79 Å². The second-order valence-corrected chi connectivity index (χ2v) is 4.84. The summed E-state index contributed by atoms with van der Waals surface area (Å²) in [7, 11) is 0. The summed E-state index contributed by atoms with van der Waals surface area (Å²) in [5.74, 6) is 0.297. The third-order valence-corrected chi connectivity index (χ3v) is 3.01. The lowest BCUT2D eigenvalue weighted by molar-refractivity contribution is 0.193. The van der Waals surface area contributed by atoms with E-state index in [1.165, 1.54) is 5.56 Å². The molecule has 1 heterocycles. The van der Waals surface area contributed by atoms with Crippen molar-refractivity contribution < 1.29 is 9.90 Å². The minimum absolute atomic E-state index is 0.0184. The number of nitrogens with one attached hydrogen (secondary N) is 2. The number of para-hydroxylation sites is 1. The molecular formula is C17H17N3O3. The van der Waals surface area contributed by atoms with Gasteiger partial charge in [-0.05, 0) is 19.1 Å². The van der Waals surface area contributed by atoms with Crippen molar-refractivity contribution >= 4 is 17.0 Å². The Hall–Kier alpha value is -3.15. The number of hydrogen-bond donors (Lipinski definition) is 3. The van der Waals surface area contributed by atoms with Gasteiger partial charge >= 0.3 is 6.09 Å². The molecule has 3 N–H and O–H groups in total. The van der Waals surface area contributed by atoms with E-state index in [4.69, 9.17) is 5.11 Å². The Labute approximate surface area is 132 Å². The summed E-state index contributed by atoms with van der Waals surface area (Å²) < 4.78 is 0. The van der Waals surface area contributed by atoms with E-state index in [1.54, 1.807) is 24.3 Å². The maximum Gasteiger partial charge on any atom is 0.405 e. The molecule has 118 valence electrons. The maximum absolute atomic E-state index is 11.6. The normalized spacial score (nSPS) is 9.78. The number of fused-ring (bicyclic) bond motifs is 1. The number of H-pyrrole nitrogens is 1. The molecule has 0 aliphatic heterocycles. The van der Waals surface area contributed by atoms with Gasteiger partial charge in [0.2, 0.25) is 0 Å². The topological polar surface area (TPSA) is 95.1 Å². The Balaban J connectivity index is 0.000000229. The second kappa shape index (κ2) is 7.74. The first kappa shape index (κ1) is 16.2. The molecule has 0 bridgehead atoms. The molecule has 0 atom stereocenters. The smallest absolute Gasteiger partial charge is 0.405 e. The third-order valence-electron chi connectivity index (χ3n) is 3.01. The summed E-state index contributed by atoms with van der Waals surface area (Å²) in [6.45, 7) is 2.06. The summed E-state index contributed by atoms with van der Waals surface area (Å²) in [5, 5.41) is 11.1. The molecule has 0 aliphatic rings. The number of aromatic nitrogens is 2. The quantitative estimate of drug-likeness (QED) is 0.678. The standard InChI is InChI=1S/C10H9N3O3.C7H8/c14-9-6-3-1-2-4-7(6)12-8(13-9)5-11-10(15)16;1-7-5-3-2-4-6-7/h1-4,11H,5H2,(H,15,16)(H,12,13,14);2-6H,1H3. The maximum atomic E-state index is 11.6. The average Bonchev–Trinajstić information content (AvgIpc) is 2.54. The van der Waals surface area contributed by atoms with Gasteiger partial charge in [-0.25, -0.2) is 9.78 Å². The fraction of sp³-hybridized carbons (Fsp3) is 0.118. The van der Waals surface area contributed by atoms with Gasteiger partial charge in [-0.15, -0.1) is 0 Å². The van der Waals surface area contributed by atoms with Crippen LogP contribution in [0.3, 0.4) is 0 Å². The van der Waals surface area contributed by atoms with Crippen molar-refractivity contribution in [3.8, 4) is 0 Å². The molecule has 0 saturated carbocycles. The molecule has 1 amide bonds. The average molecular weight is 311 g/mol. The number of amides is 1. The van der Waals surface area contributed by atoms with Crippen LogP contribution in [0.2, 0.25) is 0 Å². The lowest BCUT2D eigenvalue weighted by Gasteiger charge is -2.02. The lowest BCUT2D eigenvalue weighted by Crippen LogP contribution is -2.23. The number of rotatable bonds is 2. The zero-order chi connectivity index (χ0) is 16.7. The van der Waals surface area contributed by atoms with E-state index in [0.717, 1.165) is 0 Å². The van der Waals surface area contributed by atoms with Gasteiger partial charge in [-0.2, -0.15) is 0 Å². The fourth-order valence-corrected chi connectivity index (χ4v) is 1.91. The number of aryl methyl sites for hydroxylation is 1. The molecule has 3 rings (SSSR count). The van der Waals surface area contributed by atoms with E-state index >= 15 is 0 Å². The van der Waals surface area contributed by atoms with Gasteiger partial charge in [0.25, 0.3) is 5.56 Å². The Morgan fingerprint density at radius 3 is 2.39 bits per heavy atom. The van der Waals surface area contributed by atoms with Crippen molar-refractivity contribution in [2.75, 3.05) is 0 Å². The molecule has 0 unspecified atom stereocenters. The number of benzene rings is 2. The summed E-state index contributed by atoms with van der Waals surface area (Å²) in [4.78, 5) is 28.5. The van der Waals surface area contributed by atoms with Gasteiger partial charge in [-0.1, -0.05) is 48.0 Å². The largest absolute Gasteiger partial charge is 0.465 e. The minimum atomic E-state index is -1.16. The second-order valence-electron chi connectivity index (χ2n) is 4.84. The molecule has 0 spiro atoms. The molecule has 0 fully saturated rings. The summed E-state index contributed by atoms with van der Waals surface area (Å²) in [6.07, 6.45) is -1.16. The highest BCUT2D eigenvalue weighted by Crippen LogP contribution is 2.05. The van der Waals surface area contributed by atoms with Crippen molar-refractivity contribution in [3.63, 3.8) is 0 Å². The molecule has 2 aromatic carbocycles. The molecular weight excluding hydrogens is 294 g/mol. The van der Waals surface area contributed by atoms with E-state index < -0.39 is 6.09 Å².